The average molecular weight is 500 g/mol. The number of rotatable bonds is 10. The number of pyridine rings is 1. The Bertz CT molecular complexity index is 1300. The minimum atomic E-state index is -3.85. The molecule has 34 heavy (non-hydrogen) atoms. The van der Waals surface area contributed by atoms with Gasteiger partial charge in [0.25, 0.3) is 10.0 Å². The van der Waals surface area contributed by atoms with Gasteiger partial charge in [-0.25, -0.2) is 13.4 Å². The number of nitrogens with zero attached hydrogens (tertiary/aromatic N) is 3. The smallest absolute Gasteiger partial charge is 0.263 e. The van der Waals surface area contributed by atoms with Gasteiger partial charge in [0, 0.05) is 17.4 Å². The van der Waals surface area contributed by atoms with Gasteiger partial charge in [-0.2, -0.15) is 5.26 Å². The van der Waals surface area contributed by atoms with Crippen molar-refractivity contribution in [3.63, 3.8) is 0 Å². The van der Waals surface area contributed by atoms with Crippen molar-refractivity contribution in [3.05, 3.63) is 59.5 Å². The van der Waals surface area contributed by atoms with Gasteiger partial charge in [0.2, 0.25) is 5.91 Å². The first-order chi connectivity index (χ1) is 16.2. The summed E-state index contributed by atoms with van der Waals surface area (Å²) in [5.41, 5.74) is 1.76. The van der Waals surface area contributed by atoms with Gasteiger partial charge in [-0.05, 0) is 63.1 Å². The lowest BCUT2D eigenvalue weighted by atomic mass is 10.2. The van der Waals surface area contributed by atoms with Crippen LogP contribution in [0.2, 0.25) is 0 Å². The number of unbranched alkanes of at least 4 members (excludes halogenated alkanes) is 1. The van der Waals surface area contributed by atoms with Crippen LogP contribution in [0.1, 0.15) is 43.7 Å². The molecule has 1 aromatic carbocycles. The molecule has 0 spiro atoms. The van der Waals surface area contributed by atoms with E-state index in [1.807, 2.05) is 6.07 Å². The molecule has 0 aliphatic rings. The van der Waals surface area contributed by atoms with Crippen molar-refractivity contribution >= 4 is 39.2 Å². The molecule has 0 saturated heterocycles. The lowest BCUT2D eigenvalue weighted by Gasteiger charge is -2.13. The highest BCUT2D eigenvalue weighted by Gasteiger charge is 2.20. The van der Waals surface area contributed by atoms with E-state index in [1.54, 1.807) is 19.9 Å². The van der Waals surface area contributed by atoms with Crippen LogP contribution in [0.3, 0.4) is 0 Å². The largest absolute Gasteiger partial charge is 0.360 e. The first kappa shape index (κ1) is 25.3. The molecule has 1 amide bonds. The topological polar surface area (TPSA) is 138 Å². The van der Waals surface area contributed by atoms with Crippen molar-refractivity contribution in [1.29, 1.82) is 5.26 Å². The summed E-state index contributed by atoms with van der Waals surface area (Å²) in [6.45, 7) is 5.48. The van der Waals surface area contributed by atoms with E-state index in [-0.39, 0.29) is 16.6 Å². The predicted octanol–water partition coefficient (Wildman–Crippen LogP) is 4.51. The lowest BCUT2D eigenvalue weighted by molar-refractivity contribution is -0.115. The number of aromatic nitrogens is 2. The summed E-state index contributed by atoms with van der Waals surface area (Å²) < 4.78 is 32.2. The zero-order valence-corrected chi connectivity index (χ0v) is 20.7. The summed E-state index contributed by atoms with van der Waals surface area (Å²) in [5.74, 6) is 0.277. The van der Waals surface area contributed by atoms with E-state index < -0.39 is 15.3 Å². The van der Waals surface area contributed by atoms with E-state index in [1.165, 1.54) is 42.1 Å². The second-order valence-electron chi connectivity index (χ2n) is 7.57. The molecule has 11 heteroatoms. The molecule has 0 bridgehead atoms. The molecule has 1 atom stereocenters. The van der Waals surface area contributed by atoms with Crippen LogP contribution in [0.15, 0.2) is 56.9 Å². The molecule has 1 unspecified atom stereocenters. The number of anilines is 2. The summed E-state index contributed by atoms with van der Waals surface area (Å²) >= 11 is 1.21. The number of hydrogen-bond donors (Lipinski definition) is 2. The number of benzene rings is 1. The molecule has 0 fully saturated rings. The maximum atomic E-state index is 12.7. The number of carbonyl (C=O) groups is 1. The van der Waals surface area contributed by atoms with Crippen LogP contribution >= 0.6 is 11.8 Å². The Morgan fingerprint density at radius 3 is 2.59 bits per heavy atom. The van der Waals surface area contributed by atoms with Crippen molar-refractivity contribution in [1.82, 2.24) is 10.1 Å². The Balaban J connectivity index is 1.65. The predicted molar refractivity (Wildman–Crippen MR) is 130 cm³/mol. The number of thioether (sulfide) groups is 1. The molecule has 178 valence electrons. The van der Waals surface area contributed by atoms with Gasteiger partial charge in [0.05, 0.1) is 15.7 Å². The monoisotopic (exact) mass is 499 g/mol. The van der Waals surface area contributed by atoms with Crippen LogP contribution in [-0.4, -0.2) is 29.7 Å². The molecule has 3 aromatic rings. The quantitative estimate of drug-likeness (QED) is 0.389. The third-order valence-corrected chi connectivity index (χ3v) is 7.25. The number of sulfonamides is 1. The molecule has 0 aliphatic heterocycles. The van der Waals surface area contributed by atoms with E-state index in [4.69, 9.17) is 4.52 Å². The van der Waals surface area contributed by atoms with Crippen molar-refractivity contribution in [2.24, 2.45) is 0 Å². The Labute approximate surface area is 203 Å². The van der Waals surface area contributed by atoms with Crippen LogP contribution in [0, 0.1) is 18.3 Å². The van der Waals surface area contributed by atoms with E-state index >= 15 is 0 Å². The van der Waals surface area contributed by atoms with Crippen molar-refractivity contribution in [2.75, 3.05) is 10.0 Å². The van der Waals surface area contributed by atoms with Gasteiger partial charge in [0.15, 0.2) is 5.82 Å². The number of nitriles is 1. The van der Waals surface area contributed by atoms with Crippen LogP contribution in [-0.2, 0) is 21.2 Å². The molecule has 0 aliphatic carbocycles. The summed E-state index contributed by atoms with van der Waals surface area (Å²) in [5, 5.41) is 15.8. The standard InChI is InChI=1S/C23H25N5O4S2/c1-4-5-6-18-8-7-17(14-24)23(26-18)33-16(3)22(29)25-19-9-11-20(12-10-19)34(30,31)28-21-13-15(2)32-27-21/h7-13,16H,4-6H2,1-3H3,(H,25,29)(H,27,28). The van der Waals surface area contributed by atoms with Crippen LogP contribution in [0.5, 0.6) is 0 Å². The Morgan fingerprint density at radius 1 is 1.24 bits per heavy atom. The highest BCUT2D eigenvalue weighted by Crippen LogP contribution is 2.27. The Kier molecular flexibility index (Phi) is 8.31. The van der Waals surface area contributed by atoms with E-state index in [0.29, 0.717) is 22.0 Å². The van der Waals surface area contributed by atoms with E-state index in [9.17, 15) is 18.5 Å². The lowest BCUT2D eigenvalue weighted by Crippen LogP contribution is -2.22. The fourth-order valence-electron chi connectivity index (χ4n) is 2.94. The molecular formula is C23H25N5O4S2. The van der Waals surface area contributed by atoms with Crippen LogP contribution in [0.25, 0.3) is 0 Å². The van der Waals surface area contributed by atoms with E-state index in [0.717, 1.165) is 25.0 Å². The van der Waals surface area contributed by atoms with Crippen molar-refractivity contribution in [2.45, 2.75) is 55.2 Å². The van der Waals surface area contributed by atoms with Gasteiger partial charge in [-0.1, -0.05) is 30.3 Å². The first-order valence-corrected chi connectivity index (χ1v) is 13.0. The molecular weight excluding hydrogens is 474 g/mol. The summed E-state index contributed by atoms with van der Waals surface area (Å²) in [6.07, 6.45) is 2.86. The molecule has 2 heterocycles. The van der Waals surface area contributed by atoms with Gasteiger partial charge in [0.1, 0.15) is 16.9 Å². The van der Waals surface area contributed by atoms with Gasteiger partial charge in [-0.3, -0.25) is 9.52 Å². The summed E-state index contributed by atoms with van der Waals surface area (Å²) in [6, 6.07) is 12.9. The fraction of sp³-hybridized carbons (Fsp3) is 0.304. The molecule has 0 radical (unpaired) electrons. The van der Waals surface area contributed by atoms with Crippen LogP contribution in [0.4, 0.5) is 11.5 Å². The zero-order chi connectivity index (χ0) is 24.7. The zero-order valence-electron chi connectivity index (χ0n) is 19.0. The maximum absolute atomic E-state index is 12.7. The molecule has 2 aromatic heterocycles. The Hall–Kier alpha value is -3.36. The second kappa shape index (κ2) is 11.2. The molecule has 3 rings (SSSR count). The molecule has 0 saturated carbocycles. The van der Waals surface area contributed by atoms with Crippen molar-refractivity contribution in [3.8, 4) is 6.07 Å². The highest BCUT2D eigenvalue weighted by molar-refractivity contribution is 8.00. The minimum absolute atomic E-state index is 0.0142. The fourth-order valence-corrected chi connectivity index (χ4v) is 4.84. The van der Waals surface area contributed by atoms with Crippen LogP contribution < -0.4 is 10.0 Å². The van der Waals surface area contributed by atoms with Gasteiger partial charge in [-0.15, -0.1) is 0 Å². The third kappa shape index (κ3) is 6.59. The number of nitrogens with one attached hydrogen (secondary N) is 2. The van der Waals surface area contributed by atoms with E-state index in [2.05, 4.69) is 33.2 Å². The number of amides is 1. The number of aryl methyl sites for hydroxylation is 2. The van der Waals surface area contributed by atoms with Crippen molar-refractivity contribution < 1.29 is 17.7 Å². The SMILES string of the molecule is CCCCc1ccc(C#N)c(SC(C)C(=O)Nc2ccc(S(=O)(=O)Nc3cc(C)on3)cc2)n1. The third-order valence-electron chi connectivity index (χ3n) is 4.78. The first-order valence-electron chi connectivity index (χ1n) is 10.7. The molecule has 2 N–H and O–H groups in total. The average Bonchev–Trinajstić information content (AvgIpc) is 3.21. The number of carbonyl (C=O) groups excluding carboxylic acids is 1. The summed E-state index contributed by atoms with van der Waals surface area (Å²) in [7, 11) is -3.85. The highest BCUT2D eigenvalue weighted by atomic mass is 32.2. The Morgan fingerprint density at radius 2 is 1.97 bits per heavy atom. The maximum Gasteiger partial charge on any atom is 0.263 e. The number of hydrogen-bond acceptors (Lipinski definition) is 8. The van der Waals surface area contributed by atoms with Gasteiger partial charge >= 0.3 is 0 Å². The normalized spacial score (nSPS) is 12.1. The van der Waals surface area contributed by atoms with Gasteiger partial charge < -0.3 is 9.84 Å². The summed E-state index contributed by atoms with van der Waals surface area (Å²) in [4.78, 5) is 17.3. The minimum Gasteiger partial charge on any atom is -0.360 e. The second-order valence-corrected chi connectivity index (χ2v) is 10.6. The molecule has 9 nitrogen and oxygen atoms in total.